The number of nitrogens with zero attached hydrogens (tertiary/aromatic N) is 1. The number of carbonyl (C=O) groups is 1. The van der Waals surface area contributed by atoms with Crippen LogP contribution in [0.1, 0.15) is 5.76 Å². The molecule has 0 bridgehead atoms. The molecular formula is C20H16Cl2N2O4. The Balaban J connectivity index is 1.53. The minimum atomic E-state index is -0.412. The van der Waals surface area contributed by atoms with Crippen molar-refractivity contribution in [2.45, 2.75) is 0 Å². The van der Waals surface area contributed by atoms with Crippen molar-refractivity contribution in [2.24, 2.45) is 5.10 Å². The first kappa shape index (κ1) is 19.8. The van der Waals surface area contributed by atoms with Gasteiger partial charge in [0.05, 0.1) is 18.3 Å². The standard InChI is InChI=1S/C20H16Cl2N2O4/c1-26-19-7-5-13(9-17(19)22)18-8-6-16(28-18)11-23-24-20(25)12-27-15-4-2-3-14(21)10-15/h2-11H,12H2,1H3,(H,24,25)/b23-11-. The summed E-state index contributed by atoms with van der Waals surface area (Å²) in [6.07, 6.45) is 1.39. The first-order chi connectivity index (χ1) is 13.5. The Morgan fingerprint density at radius 3 is 2.79 bits per heavy atom. The number of hydrogen-bond acceptors (Lipinski definition) is 5. The number of furan rings is 1. The van der Waals surface area contributed by atoms with Crippen LogP contribution in [0.15, 0.2) is 64.1 Å². The third-order valence-electron chi connectivity index (χ3n) is 3.61. The summed E-state index contributed by atoms with van der Waals surface area (Å²) in [5.41, 5.74) is 3.16. The molecule has 0 saturated carbocycles. The lowest BCUT2D eigenvalue weighted by atomic mass is 10.2. The Morgan fingerprint density at radius 2 is 2.04 bits per heavy atom. The molecule has 144 valence electrons. The van der Waals surface area contributed by atoms with Crippen molar-refractivity contribution in [3.05, 3.63) is 70.4 Å². The summed E-state index contributed by atoms with van der Waals surface area (Å²) in [4.78, 5) is 11.8. The number of rotatable bonds is 7. The van der Waals surface area contributed by atoms with Gasteiger partial charge in [-0.2, -0.15) is 5.10 Å². The highest BCUT2D eigenvalue weighted by molar-refractivity contribution is 6.32. The predicted molar refractivity (Wildman–Crippen MR) is 108 cm³/mol. The van der Waals surface area contributed by atoms with Gasteiger partial charge in [-0.25, -0.2) is 5.43 Å². The SMILES string of the molecule is COc1ccc(-c2ccc(/C=N\NC(=O)COc3cccc(Cl)c3)o2)cc1Cl. The summed E-state index contributed by atoms with van der Waals surface area (Å²) < 4.78 is 16.1. The molecule has 0 unspecified atom stereocenters. The van der Waals surface area contributed by atoms with Gasteiger partial charge in [0, 0.05) is 10.6 Å². The van der Waals surface area contributed by atoms with E-state index in [1.54, 1.807) is 55.6 Å². The fraction of sp³-hybridized carbons (Fsp3) is 0.100. The second-order valence-electron chi connectivity index (χ2n) is 5.59. The molecule has 3 rings (SSSR count). The van der Waals surface area contributed by atoms with Crippen molar-refractivity contribution < 1.29 is 18.7 Å². The van der Waals surface area contributed by atoms with Gasteiger partial charge in [0.15, 0.2) is 6.61 Å². The number of carbonyl (C=O) groups excluding carboxylic acids is 1. The van der Waals surface area contributed by atoms with Gasteiger partial charge in [0.2, 0.25) is 0 Å². The molecule has 28 heavy (non-hydrogen) atoms. The molecule has 0 spiro atoms. The summed E-state index contributed by atoms with van der Waals surface area (Å²) in [7, 11) is 1.55. The lowest BCUT2D eigenvalue weighted by Gasteiger charge is -2.04. The van der Waals surface area contributed by atoms with Gasteiger partial charge in [-0.3, -0.25) is 4.79 Å². The number of methoxy groups -OCH3 is 1. The predicted octanol–water partition coefficient (Wildman–Crippen LogP) is 4.79. The molecular weight excluding hydrogens is 403 g/mol. The Kier molecular flexibility index (Phi) is 6.57. The van der Waals surface area contributed by atoms with Crippen LogP contribution in [0.25, 0.3) is 11.3 Å². The molecule has 0 fully saturated rings. The number of hydrazone groups is 1. The van der Waals surface area contributed by atoms with E-state index >= 15 is 0 Å². The van der Waals surface area contributed by atoms with Crippen molar-refractivity contribution >= 4 is 35.3 Å². The molecule has 1 N–H and O–H groups in total. The highest BCUT2D eigenvalue weighted by Gasteiger charge is 2.08. The first-order valence-corrected chi connectivity index (χ1v) is 8.95. The van der Waals surface area contributed by atoms with Crippen LogP contribution in [0.2, 0.25) is 10.0 Å². The molecule has 0 atom stereocenters. The van der Waals surface area contributed by atoms with Gasteiger partial charge in [0.25, 0.3) is 5.91 Å². The number of halogens is 2. The number of benzene rings is 2. The van der Waals surface area contributed by atoms with E-state index in [2.05, 4.69) is 10.5 Å². The Morgan fingerprint density at radius 1 is 1.18 bits per heavy atom. The molecule has 1 amide bonds. The highest BCUT2D eigenvalue weighted by atomic mass is 35.5. The molecule has 3 aromatic rings. The molecule has 0 aliphatic carbocycles. The smallest absolute Gasteiger partial charge is 0.277 e. The van der Waals surface area contributed by atoms with Crippen LogP contribution in [0.3, 0.4) is 0 Å². The maximum Gasteiger partial charge on any atom is 0.277 e. The van der Waals surface area contributed by atoms with Crippen LogP contribution in [0.5, 0.6) is 11.5 Å². The van der Waals surface area contributed by atoms with E-state index in [9.17, 15) is 4.79 Å². The Labute approximate surface area is 171 Å². The Hall–Kier alpha value is -2.96. The van der Waals surface area contributed by atoms with E-state index < -0.39 is 5.91 Å². The van der Waals surface area contributed by atoms with Gasteiger partial charge in [-0.1, -0.05) is 29.3 Å². The van der Waals surface area contributed by atoms with Crippen molar-refractivity contribution in [3.8, 4) is 22.8 Å². The van der Waals surface area contributed by atoms with Gasteiger partial charge in [-0.15, -0.1) is 0 Å². The summed E-state index contributed by atoms with van der Waals surface area (Å²) >= 11 is 12.0. The maximum absolute atomic E-state index is 11.8. The average molecular weight is 419 g/mol. The van der Waals surface area contributed by atoms with Crippen LogP contribution in [0, 0.1) is 0 Å². The van der Waals surface area contributed by atoms with Crippen molar-refractivity contribution in [3.63, 3.8) is 0 Å². The molecule has 1 aromatic heterocycles. The Bertz CT molecular complexity index is 1000. The van der Waals surface area contributed by atoms with Gasteiger partial charge < -0.3 is 13.9 Å². The number of nitrogens with one attached hydrogen (secondary N) is 1. The molecule has 8 heteroatoms. The summed E-state index contributed by atoms with van der Waals surface area (Å²) in [5.74, 6) is 1.76. The zero-order valence-corrected chi connectivity index (χ0v) is 16.3. The molecule has 0 saturated heterocycles. The second-order valence-corrected chi connectivity index (χ2v) is 6.43. The molecule has 0 aliphatic rings. The molecule has 0 radical (unpaired) electrons. The lowest BCUT2D eigenvalue weighted by molar-refractivity contribution is -0.123. The van der Waals surface area contributed by atoms with E-state index in [0.29, 0.717) is 33.1 Å². The van der Waals surface area contributed by atoms with Crippen LogP contribution in [0.4, 0.5) is 0 Å². The quantitative estimate of drug-likeness (QED) is 0.442. The zero-order chi connectivity index (χ0) is 19.9. The van der Waals surface area contributed by atoms with Crippen LogP contribution >= 0.6 is 23.2 Å². The number of ether oxygens (including phenoxy) is 2. The number of hydrogen-bond donors (Lipinski definition) is 1. The van der Waals surface area contributed by atoms with Crippen molar-refractivity contribution in [1.29, 1.82) is 0 Å². The van der Waals surface area contributed by atoms with Crippen LogP contribution < -0.4 is 14.9 Å². The van der Waals surface area contributed by atoms with E-state index in [1.165, 1.54) is 6.21 Å². The van der Waals surface area contributed by atoms with E-state index in [4.69, 9.17) is 37.1 Å². The largest absolute Gasteiger partial charge is 0.495 e. The minimum Gasteiger partial charge on any atom is -0.495 e. The van der Waals surface area contributed by atoms with Crippen molar-refractivity contribution in [2.75, 3.05) is 13.7 Å². The molecule has 0 aliphatic heterocycles. The van der Waals surface area contributed by atoms with Crippen molar-refractivity contribution in [1.82, 2.24) is 5.43 Å². The van der Waals surface area contributed by atoms with Gasteiger partial charge >= 0.3 is 0 Å². The molecule has 2 aromatic carbocycles. The average Bonchev–Trinajstić information content (AvgIpc) is 3.15. The lowest BCUT2D eigenvalue weighted by Crippen LogP contribution is -2.24. The zero-order valence-electron chi connectivity index (χ0n) is 14.8. The normalized spacial score (nSPS) is 10.8. The molecule has 6 nitrogen and oxygen atoms in total. The van der Waals surface area contributed by atoms with E-state index in [0.717, 1.165) is 5.56 Å². The minimum absolute atomic E-state index is 0.189. The first-order valence-electron chi connectivity index (χ1n) is 8.19. The topological polar surface area (TPSA) is 73.1 Å². The summed E-state index contributed by atoms with van der Waals surface area (Å²) in [6, 6.07) is 15.6. The van der Waals surface area contributed by atoms with E-state index in [1.807, 2.05) is 6.07 Å². The highest BCUT2D eigenvalue weighted by Crippen LogP contribution is 2.30. The fourth-order valence-corrected chi connectivity index (χ4v) is 2.74. The third kappa shape index (κ3) is 5.28. The fourth-order valence-electron chi connectivity index (χ4n) is 2.30. The van der Waals surface area contributed by atoms with Gasteiger partial charge in [0.1, 0.15) is 23.0 Å². The van der Waals surface area contributed by atoms with Crippen LogP contribution in [-0.4, -0.2) is 25.8 Å². The van der Waals surface area contributed by atoms with Gasteiger partial charge in [-0.05, 0) is 48.5 Å². The summed E-state index contributed by atoms with van der Waals surface area (Å²) in [6.45, 7) is -0.189. The monoisotopic (exact) mass is 418 g/mol. The molecule has 1 heterocycles. The second kappa shape index (κ2) is 9.30. The number of amides is 1. The third-order valence-corrected chi connectivity index (χ3v) is 4.14. The summed E-state index contributed by atoms with van der Waals surface area (Å²) in [5, 5.41) is 4.87. The maximum atomic E-state index is 11.8. The van der Waals surface area contributed by atoms with Crippen LogP contribution in [-0.2, 0) is 4.79 Å². The van der Waals surface area contributed by atoms with E-state index in [-0.39, 0.29) is 6.61 Å².